The van der Waals surface area contributed by atoms with Gasteiger partial charge in [0.15, 0.2) is 0 Å². The van der Waals surface area contributed by atoms with Gasteiger partial charge in [-0.1, -0.05) is 23.7 Å². The highest BCUT2D eigenvalue weighted by Gasteiger charge is 2.13. The first kappa shape index (κ1) is 18.5. The number of thiazole rings is 1. The van der Waals surface area contributed by atoms with Crippen LogP contribution in [0.5, 0.6) is 11.5 Å². The van der Waals surface area contributed by atoms with Gasteiger partial charge in [0.1, 0.15) is 21.2 Å². The monoisotopic (exact) mass is 412 g/mol. The van der Waals surface area contributed by atoms with Crippen molar-refractivity contribution in [1.29, 1.82) is 0 Å². The Balaban J connectivity index is 1.72. The van der Waals surface area contributed by atoms with E-state index in [4.69, 9.17) is 21.1 Å². The van der Waals surface area contributed by atoms with Crippen LogP contribution in [0.3, 0.4) is 0 Å². The van der Waals surface area contributed by atoms with Crippen LogP contribution in [0.15, 0.2) is 59.5 Å². The highest BCUT2D eigenvalue weighted by Crippen LogP contribution is 2.29. The fourth-order valence-corrected chi connectivity index (χ4v) is 4.10. The number of rotatable bonds is 5. The van der Waals surface area contributed by atoms with Crippen LogP contribution in [-0.2, 0) is 6.54 Å². The molecule has 142 valence electrons. The molecule has 4 aromatic rings. The van der Waals surface area contributed by atoms with Gasteiger partial charge in [-0.25, -0.2) is 4.98 Å². The van der Waals surface area contributed by atoms with Crippen molar-refractivity contribution in [2.24, 2.45) is 0 Å². The molecule has 0 aliphatic rings. The maximum Gasteiger partial charge on any atom is 0.270 e. The van der Waals surface area contributed by atoms with E-state index in [9.17, 15) is 4.79 Å². The normalized spacial score (nSPS) is 11.0. The minimum Gasteiger partial charge on any atom is -0.497 e. The summed E-state index contributed by atoms with van der Waals surface area (Å²) in [6.07, 6.45) is 1.76. The molecule has 0 radical (unpaired) electrons. The fourth-order valence-electron chi connectivity index (χ4n) is 2.96. The third kappa shape index (κ3) is 3.48. The van der Waals surface area contributed by atoms with Crippen molar-refractivity contribution in [2.45, 2.75) is 6.54 Å². The van der Waals surface area contributed by atoms with Crippen molar-refractivity contribution in [3.8, 4) is 22.1 Å². The lowest BCUT2D eigenvalue weighted by molar-refractivity contribution is 0.390. The van der Waals surface area contributed by atoms with Gasteiger partial charge in [0.05, 0.1) is 26.3 Å². The summed E-state index contributed by atoms with van der Waals surface area (Å²) < 4.78 is 13.0. The van der Waals surface area contributed by atoms with Crippen LogP contribution < -0.4 is 15.0 Å². The van der Waals surface area contributed by atoms with E-state index < -0.39 is 0 Å². The molecule has 0 spiro atoms. The second kappa shape index (κ2) is 7.66. The third-order valence-electron chi connectivity index (χ3n) is 4.45. The number of hydrogen-bond acceptors (Lipinski definition) is 5. The van der Waals surface area contributed by atoms with Gasteiger partial charge >= 0.3 is 0 Å². The Bertz CT molecular complexity index is 1200. The van der Waals surface area contributed by atoms with Crippen LogP contribution in [0, 0.1) is 0 Å². The Labute approximate surface area is 170 Å². The van der Waals surface area contributed by atoms with Gasteiger partial charge in [0, 0.05) is 28.4 Å². The van der Waals surface area contributed by atoms with Crippen LogP contribution in [-0.4, -0.2) is 23.8 Å². The van der Waals surface area contributed by atoms with E-state index in [0.29, 0.717) is 33.3 Å². The second-order valence-electron chi connectivity index (χ2n) is 6.17. The van der Waals surface area contributed by atoms with Crippen LogP contribution in [0.2, 0.25) is 5.02 Å². The lowest BCUT2D eigenvalue weighted by Crippen LogP contribution is -2.19. The molecule has 0 amide bonds. The predicted molar refractivity (Wildman–Crippen MR) is 113 cm³/mol. The summed E-state index contributed by atoms with van der Waals surface area (Å²) in [5.41, 5.74) is 2.45. The Hall–Kier alpha value is -2.83. The zero-order chi connectivity index (χ0) is 19.7. The van der Waals surface area contributed by atoms with Crippen molar-refractivity contribution >= 4 is 33.2 Å². The molecule has 5 nitrogen and oxygen atoms in total. The standard InChI is InChI=1S/C21H17ClN2O3S/c1-26-16-8-5-14(18(11-16)27-2)12-24-10-9-17-19(21(24)25)28-20(23-17)13-3-6-15(22)7-4-13/h3-11H,12H2,1-2H3. The molecule has 28 heavy (non-hydrogen) atoms. The zero-order valence-electron chi connectivity index (χ0n) is 15.3. The fraction of sp³-hybridized carbons (Fsp3) is 0.143. The molecule has 2 heterocycles. The SMILES string of the molecule is COc1ccc(Cn2ccc3nc(-c4ccc(Cl)cc4)sc3c2=O)c(OC)c1. The minimum absolute atomic E-state index is 0.0758. The zero-order valence-corrected chi connectivity index (χ0v) is 16.9. The Morgan fingerprint density at radius 2 is 1.86 bits per heavy atom. The van der Waals surface area contributed by atoms with Crippen LogP contribution in [0.1, 0.15) is 5.56 Å². The number of halogens is 1. The lowest BCUT2D eigenvalue weighted by Gasteiger charge is -2.11. The molecule has 2 aromatic heterocycles. The Morgan fingerprint density at radius 3 is 2.57 bits per heavy atom. The van der Waals surface area contributed by atoms with E-state index in [1.54, 1.807) is 25.0 Å². The smallest absolute Gasteiger partial charge is 0.270 e. The largest absolute Gasteiger partial charge is 0.497 e. The summed E-state index contributed by atoms with van der Waals surface area (Å²) >= 11 is 7.34. The maximum atomic E-state index is 13.0. The Kier molecular flexibility index (Phi) is 5.07. The molecule has 7 heteroatoms. The summed E-state index contributed by atoms with van der Waals surface area (Å²) in [4.78, 5) is 17.6. The number of benzene rings is 2. The number of aromatic nitrogens is 2. The van der Waals surface area contributed by atoms with Gasteiger partial charge in [0.25, 0.3) is 5.56 Å². The highest BCUT2D eigenvalue weighted by molar-refractivity contribution is 7.21. The second-order valence-corrected chi connectivity index (χ2v) is 7.60. The van der Waals surface area contributed by atoms with Crippen LogP contribution >= 0.6 is 22.9 Å². The number of fused-ring (bicyclic) bond motifs is 1. The number of methoxy groups -OCH3 is 2. The van der Waals surface area contributed by atoms with Crippen molar-refractivity contribution in [3.63, 3.8) is 0 Å². The van der Waals surface area contributed by atoms with Crippen molar-refractivity contribution in [1.82, 2.24) is 9.55 Å². The molecule has 0 atom stereocenters. The molecule has 0 N–H and O–H groups in total. The van der Waals surface area contributed by atoms with Gasteiger partial charge in [-0.15, -0.1) is 11.3 Å². The lowest BCUT2D eigenvalue weighted by atomic mass is 10.2. The first-order valence-electron chi connectivity index (χ1n) is 8.56. The molecular weight excluding hydrogens is 396 g/mol. The van der Waals surface area contributed by atoms with Crippen molar-refractivity contribution in [2.75, 3.05) is 14.2 Å². The van der Waals surface area contributed by atoms with E-state index in [2.05, 4.69) is 4.98 Å². The molecule has 0 fully saturated rings. The molecule has 0 unspecified atom stereocenters. The molecular formula is C21H17ClN2O3S. The summed E-state index contributed by atoms with van der Waals surface area (Å²) in [7, 11) is 3.21. The van der Waals surface area contributed by atoms with E-state index >= 15 is 0 Å². The molecule has 0 aliphatic heterocycles. The van der Waals surface area contributed by atoms with Gasteiger partial charge in [-0.3, -0.25) is 4.79 Å². The summed E-state index contributed by atoms with van der Waals surface area (Å²) in [5.74, 6) is 1.39. The predicted octanol–water partition coefficient (Wildman–Crippen LogP) is 4.84. The number of ether oxygens (including phenoxy) is 2. The van der Waals surface area contributed by atoms with E-state index in [-0.39, 0.29) is 5.56 Å². The summed E-state index contributed by atoms with van der Waals surface area (Å²) in [6, 6.07) is 14.9. The van der Waals surface area contributed by atoms with E-state index in [1.165, 1.54) is 11.3 Å². The van der Waals surface area contributed by atoms with Gasteiger partial charge < -0.3 is 14.0 Å². The Morgan fingerprint density at radius 1 is 1.07 bits per heavy atom. The van der Waals surface area contributed by atoms with Crippen molar-refractivity contribution < 1.29 is 9.47 Å². The van der Waals surface area contributed by atoms with Gasteiger partial charge in [-0.2, -0.15) is 0 Å². The molecule has 2 aromatic carbocycles. The average molecular weight is 413 g/mol. The van der Waals surface area contributed by atoms with Gasteiger partial charge in [0.2, 0.25) is 0 Å². The number of pyridine rings is 1. The maximum absolute atomic E-state index is 13.0. The average Bonchev–Trinajstić information content (AvgIpc) is 3.16. The third-order valence-corrected chi connectivity index (χ3v) is 5.81. The quantitative estimate of drug-likeness (QED) is 0.470. The molecule has 0 saturated heterocycles. The molecule has 0 aliphatic carbocycles. The van der Waals surface area contributed by atoms with Crippen LogP contribution in [0.4, 0.5) is 0 Å². The molecule has 4 rings (SSSR count). The summed E-state index contributed by atoms with van der Waals surface area (Å²) in [6.45, 7) is 0.399. The molecule has 0 saturated carbocycles. The minimum atomic E-state index is -0.0758. The van der Waals surface area contributed by atoms with Crippen molar-refractivity contribution in [3.05, 3.63) is 75.7 Å². The first-order chi connectivity index (χ1) is 13.6. The van der Waals surface area contributed by atoms with Crippen LogP contribution in [0.25, 0.3) is 20.8 Å². The topological polar surface area (TPSA) is 53.4 Å². The summed E-state index contributed by atoms with van der Waals surface area (Å²) in [5, 5.41) is 1.46. The van der Waals surface area contributed by atoms with Gasteiger partial charge in [-0.05, 0) is 30.3 Å². The van der Waals surface area contributed by atoms with E-state index in [1.807, 2.05) is 48.5 Å². The molecule has 0 bridgehead atoms. The first-order valence-corrected chi connectivity index (χ1v) is 9.75. The highest BCUT2D eigenvalue weighted by atomic mass is 35.5. The number of nitrogens with zero attached hydrogens (tertiary/aromatic N) is 2. The van der Waals surface area contributed by atoms with E-state index in [0.717, 1.165) is 16.1 Å². The number of hydrogen-bond donors (Lipinski definition) is 0.